The van der Waals surface area contributed by atoms with E-state index in [4.69, 9.17) is 23.7 Å². The molecule has 3 aliphatic rings. The number of hydrogen-bond acceptors (Lipinski definition) is 11. The number of carbonyl (C=O) groups excluding carboxylic acids is 1. The summed E-state index contributed by atoms with van der Waals surface area (Å²) in [5.74, 6) is -0.575. The Bertz CT molecular complexity index is 1380. The monoisotopic (exact) mass is 484 g/mol. The lowest BCUT2D eigenvalue weighted by Crippen LogP contribution is -2.48. The van der Waals surface area contributed by atoms with E-state index in [-0.39, 0.29) is 42.3 Å². The smallest absolute Gasteiger partial charge is 0.339 e. The third kappa shape index (κ3) is 3.09. The molecule has 3 aliphatic heterocycles. The van der Waals surface area contributed by atoms with E-state index in [1.807, 2.05) is 0 Å². The van der Waals surface area contributed by atoms with Gasteiger partial charge in [-0.2, -0.15) is 0 Å². The second-order valence-electron chi connectivity index (χ2n) is 8.56. The minimum absolute atomic E-state index is 0.0440. The van der Waals surface area contributed by atoms with Crippen LogP contribution in [0.3, 0.4) is 0 Å². The Kier molecular flexibility index (Phi) is 4.73. The molecule has 5 N–H and O–H groups in total. The number of esters is 1. The van der Waals surface area contributed by atoms with E-state index >= 15 is 0 Å². The number of aliphatic hydroxyl groups is 3. The molecule has 11 nitrogen and oxygen atoms in total. The van der Waals surface area contributed by atoms with Gasteiger partial charge in [0.05, 0.1) is 18.8 Å². The Labute approximate surface area is 197 Å². The highest BCUT2D eigenvalue weighted by Crippen LogP contribution is 2.51. The second kappa shape index (κ2) is 7.62. The number of aromatic hydroxyl groups is 2. The summed E-state index contributed by atoms with van der Waals surface area (Å²) < 4.78 is 27.4. The molecule has 0 saturated carbocycles. The fourth-order valence-corrected chi connectivity index (χ4v) is 4.63. The van der Waals surface area contributed by atoms with Gasteiger partial charge in [-0.15, -0.1) is 0 Å². The van der Waals surface area contributed by atoms with Crippen LogP contribution in [-0.4, -0.2) is 69.5 Å². The lowest BCUT2D eigenvalue weighted by Gasteiger charge is -2.25. The van der Waals surface area contributed by atoms with Crippen LogP contribution in [0, 0.1) is 0 Å². The third-order valence-corrected chi connectivity index (χ3v) is 6.50. The number of benzene rings is 3. The Morgan fingerprint density at radius 3 is 2.63 bits per heavy atom. The van der Waals surface area contributed by atoms with Crippen molar-refractivity contribution in [3.05, 3.63) is 41.5 Å². The summed E-state index contributed by atoms with van der Waals surface area (Å²) in [4.78, 5) is 12.9. The molecular formula is C24H20O11. The zero-order valence-electron chi connectivity index (χ0n) is 18.1. The third-order valence-electron chi connectivity index (χ3n) is 6.50. The van der Waals surface area contributed by atoms with E-state index in [9.17, 15) is 30.3 Å². The first-order valence-electron chi connectivity index (χ1n) is 10.7. The van der Waals surface area contributed by atoms with Gasteiger partial charge in [-0.1, -0.05) is 6.07 Å². The van der Waals surface area contributed by atoms with E-state index in [1.165, 1.54) is 12.1 Å². The molecule has 0 aromatic heterocycles. The fraction of sp³-hybridized carbons (Fsp3) is 0.292. The van der Waals surface area contributed by atoms with Crippen LogP contribution < -0.4 is 14.2 Å². The van der Waals surface area contributed by atoms with E-state index in [0.29, 0.717) is 28.0 Å². The fourth-order valence-electron chi connectivity index (χ4n) is 4.63. The van der Waals surface area contributed by atoms with Crippen molar-refractivity contribution < 1.29 is 54.0 Å². The summed E-state index contributed by atoms with van der Waals surface area (Å²) in [6.07, 6.45) is -2.99. The summed E-state index contributed by atoms with van der Waals surface area (Å²) in [5, 5.41) is 51.9. The van der Waals surface area contributed by atoms with Gasteiger partial charge in [0.25, 0.3) is 0 Å². The van der Waals surface area contributed by atoms with Crippen molar-refractivity contribution in [3.8, 4) is 39.9 Å². The number of rotatable bonds is 4. The van der Waals surface area contributed by atoms with Crippen LogP contribution >= 0.6 is 0 Å². The van der Waals surface area contributed by atoms with Gasteiger partial charge < -0.3 is 49.2 Å². The summed E-state index contributed by atoms with van der Waals surface area (Å²) in [5.41, 5.74) is -0.722. The van der Waals surface area contributed by atoms with Crippen LogP contribution in [-0.2, 0) is 16.1 Å². The lowest BCUT2D eigenvalue weighted by atomic mass is 9.88. The van der Waals surface area contributed by atoms with Crippen molar-refractivity contribution in [2.24, 2.45) is 0 Å². The highest BCUT2D eigenvalue weighted by Gasteiger charge is 2.50. The molecule has 3 aromatic carbocycles. The normalized spacial score (nSPS) is 24.6. The zero-order valence-corrected chi connectivity index (χ0v) is 18.1. The summed E-state index contributed by atoms with van der Waals surface area (Å²) in [6.45, 7) is -1.26. The molecular weight excluding hydrogens is 464 g/mol. The number of fused-ring (bicyclic) bond motifs is 3. The van der Waals surface area contributed by atoms with E-state index in [1.54, 1.807) is 18.2 Å². The molecule has 0 bridgehead atoms. The van der Waals surface area contributed by atoms with Crippen molar-refractivity contribution in [3.63, 3.8) is 0 Å². The van der Waals surface area contributed by atoms with Gasteiger partial charge in [0.15, 0.2) is 23.0 Å². The average molecular weight is 484 g/mol. The van der Waals surface area contributed by atoms with Crippen molar-refractivity contribution in [1.82, 2.24) is 0 Å². The largest absolute Gasteiger partial charge is 0.504 e. The molecule has 0 aliphatic carbocycles. The number of phenols is 2. The Morgan fingerprint density at radius 2 is 1.86 bits per heavy atom. The van der Waals surface area contributed by atoms with Gasteiger partial charge in [0, 0.05) is 21.9 Å². The molecule has 3 aromatic rings. The maximum absolute atomic E-state index is 12.9. The molecule has 0 amide bonds. The maximum atomic E-state index is 12.9. The summed E-state index contributed by atoms with van der Waals surface area (Å²) in [7, 11) is 0. The zero-order chi connectivity index (χ0) is 24.5. The van der Waals surface area contributed by atoms with Crippen LogP contribution in [0.2, 0.25) is 0 Å². The number of carbonyl (C=O) groups is 1. The van der Waals surface area contributed by atoms with Gasteiger partial charge in [-0.3, -0.25) is 0 Å². The second-order valence-corrected chi connectivity index (χ2v) is 8.56. The van der Waals surface area contributed by atoms with Crippen LogP contribution in [0.5, 0.6) is 28.7 Å². The molecule has 1 saturated heterocycles. The topological polar surface area (TPSA) is 164 Å². The van der Waals surface area contributed by atoms with Gasteiger partial charge in [-0.25, -0.2) is 4.79 Å². The molecule has 35 heavy (non-hydrogen) atoms. The van der Waals surface area contributed by atoms with Gasteiger partial charge >= 0.3 is 5.97 Å². The van der Waals surface area contributed by atoms with Gasteiger partial charge in [0.1, 0.15) is 24.1 Å². The van der Waals surface area contributed by atoms with Gasteiger partial charge in [-0.05, 0) is 29.8 Å². The van der Waals surface area contributed by atoms with Crippen molar-refractivity contribution in [2.75, 3.05) is 20.0 Å². The standard InChI is InChI=1S/C24H20O11/c25-7-24(30)8-32-23(21(24)28)35-20-11-2-3-13(26)19(27)17(11)16(18-12(20)6-31-22(18)29)10-1-4-14-15(5-10)34-9-33-14/h1-5,21,23,25-28,30H,6-9H2/t21-,23-,24+/m1/s1. The van der Waals surface area contributed by atoms with Crippen LogP contribution in [0.15, 0.2) is 30.3 Å². The molecule has 0 spiro atoms. The quantitative estimate of drug-likeness (QED) is 0.266. The molecule has 0 unspecified atom stereocenters. The number of phenolic OH excluding ortho intramolecular Hbond substituents is 2. The minimum Gasteiger partial charge on any atom is -0.504 e. The number of cyclic esters (lactones) is 1. The number of aliphatic hydroxyl groups excluding tert-OH is 2. The Hall–Kier alpha value is -3.77. The highest BCUT2D eigenvalue weighted by molar-refractivity contribution is 6.15. The van der Waals surface area contributed by atoms with Crippen molar-refractivity contribution >= 4 is 16.7 Å². The summed E-state index contributed by atoms with van der Waals surface area (Å²) in [6, 6.07) is 7.74. The number of hydrogen-bond donors (Lipinski definition) is 5. The molecule has 1 fully saturated rings. The Balaban J connectivity index is 1.60. The summed E-state index contributed by atoms with van der Waals surface area (Å²) >= 11 is 0. The average Bonchev–Trinajstić information content (AvgIpc) is 3.55. The highest BCUT2D eigenvalue weighted by atomic mass is 16.7. The van der Waals surface area contributed by atoms with Crippen molar-refractivity contribution in [1.29, 1.82) is 0 Å². The first kappa shape index (κ1) is 21.7. The molecule has 6 rings (SSSR count). The van der Waals surface area contributed by atoms with Crippen LogP contribution in [0.25, 0.3) is 21.9 Å². The minimum atomic E-state index is -1.93. The predicted molar refractivity (Wildman–Crippen MR) is 116 cm³/mol. The van der Waals surface area contributed by atoms with Crippen molar-refractivity contribution in [2.45, 2.75) is 24.6 Å². The maximum Gasteiger partial charge on any atom is 0.339 e. The Morgan fingerprint density at radius 1 is 1.06 bits per heavy atom. The number of ether oxygens (including phenoxy) is 5. The molecule has 3 atom stereocenters. The molecule has 182 valence electrons. The SMILES string of the molecule is O=C1OCc2c1c(-c1ccc3c(c1)OCO3)c1c(O)c(O)ccc1c2O[C@H]1OC[C@@](O)(CO)[C@@H]1O. The van der Waals surface area contributed by atoms with Crippen LogP contribution in [0.4, 0.5) is 0 Å². The van der Waals surface area contributed by atoms with E-state index < -0.39 is 42.1 Å². The first-order valence-corrected chi connectivity index (χ1v) is 10.7. The lowest BCUT2D eigenvalue weighted by molar-refractivity contribution is -0.115. The molecule has 3 heterocycles. The first-order chi connectivity index (χ1) is 16.8. The molecule has 11 heteroatoms. The van der Waals surface area contributed by atoms with Crippen LogP contribution in [0.1, 0.15) is 15.9 Å². The van der Waals surface area contributed by atoms with E-state index in [2.05, 4.69) is 0 Å². The van der Waals surface area contributed by atoms with Gasteiger partial charge in [0.2, 0.25) is 13.1 Å². The molecule has 0 radical (unpaired) electrons. The van der Waals surface area contributed by atoms with E-state index in [0.717, 1.165) is 0 Å². The predicted octanol–water partition coefficient (Wildman–Crippen LogP) is 1.14.